The lowest BCUT2D eigenvalue weighted by atomic mass is 10.2. The number of aromatic nitrogens is 2. The molecule has 0 unspecified atom stereocenters. The summed E-state index contributed by atoms with van der Waals surface area (Å²) in [7, 11) is 0. The van der Waals surface area contributed by atoms with E-state index in [0.29, 0.717) is 16.3 Å². The number of nitrogens with zero attached hydrogens (tertiary/aromatic N) is 2. The van der Waals surface area contributed by atoms with E-state index in [4.69, 9.17) is 16.3 Å². The number of amides is 1. The molecule has 1 N–H and O–H groups in total. The minimum Gasteiger partial charge on any atom is -0.449 e. The maximum absolute atomic E-state index is 12.3. The number of nitrogens with one attached hydrogen (secondary N) is 1. The van der Waals surface area contributed by atoms with Gasteiger partial charge in [-0.05, 0) is 62.4 Å². The Balaban J connectivity index is 1.62. The summed E-state index contributed by atoms with van der Waals surface area (Å²) in [6.07, 6.45) is 0.752. The van der Waals surface area contributed by atoms with Crippen LogP contribution in [0.5, 0.6) is 0 Å². The SMILES string of the molecule is Cc1ccnn1-c1ccc(C(=O)O[C@H](C)C(=O)Nc2cccc(Cl)c2)cc1. The van der Waals surface area contributed by atoms with Crippen molar-refractivity contribution in [3.63, 3.8) is 0 Å². The third-order valence-corrected chi connectivity index (χ3v) is 4.16. The third-order valence-electron chi connectivity index (χ3n) is 3.92. The molecule has 0 saturated heterocycles. The van der Waals surface area contributed by atoms with Gasteiger partial charge in [-0.1, -0.05) is 17.7 Å². The van der Waals surface area contributed by atoms with E-state index >= 15 is 0 Å². The van der Waals surface area contributed by atoms with Crippen LogP contribution < -0.4 is 5.32 Å². The van der Waals surface area contributed by atoms with Gasteiger partial charge >= 0.3 is 5.97 Å². The Morgan fingerprint density at radius 1 is 1.15 bits per heavy atom. The molecular weight excluding hydrogens is 366 g/mol. The first kappa shape index (κ1) is 18.7. The van der Waals surface area contributed by atoms with Crippen molar-refractivity contribution >= 4 is 29.2 Å². The van der Waals surface area contributed by atoms with E-state index < -0.39 is 18.0 Å². The van der Waals surface area contributed by atoms with Crippen LogP contribution in [0.1, 0.15) is 23.0 Å². The predicted molar refractivity (Wildman–Crippen MR) is 103 cm³/mol. The van der Waals surface area contributed by atoms with Crippen LogP contribution >= 0.6 is 11.6 Å². The number of ether oxygens (including phenoxy) is 1. The fourth-order valence-corrected chi connectivity index (χ4v) is 2.66. The van der Waals surface area contributed by atoms with Gasteiger partial charge in [-0.2, -0.15) is 5.10 Å². The fraction of sp³-hybridized carbons (Fsp3) is 0.150. The molecule has 3 aromatic rings. The van der Waals surface area contributed by atoms with Crippen LogP contribution in [-0.2, 0) is 9.53 Å². The van der Waals surface area contributed by atoms with Gasteiger partial charge in [0.15, 0.2) is 6.10 Å². The van der Waals surface area contributed by atoms with Gasteiger partial charge in [0.05, 0.1) is 11.3 Å². The second kappa shape index (κ2) is 8.05. The Morgan fingerprint density at radius 3 is 2.52 bits per heavy atom. The summed E-state index contributed by atoms with van der Waals surface area (Å²) in [6, 6.07) is 15.5. The Morgan fingerprint density at radius 2 is 1.89 bits per heavy atom. The highest BCUT2D eigenvalue weighted by Crippen LogP contribution is 2.16. The van der Waals surface area contributed by atoms with E-state index in [1.54, 1.807) is 59.4 Å². The molecule has 0 bridgehead atoms. The number of rotatable bonds is 5. The highest BCUT2D eigenvalue weighted by atomic mass is 35.5. The van der Waals surface area contributed by atoms with E-state index in [1.165, 1.54) is 6.92 Å². The average Bonchev–Trinajstić information content (AvgIpc) is 3.07. The third kappa shape index (κ3) is 4.54. The lowest BCUT2D eigenvalue weighted by molar-refractivity contribution is -0.123. The molecule has 6 nitrogen and oxygen atoms in total. The topological polar surface area (TPSA) is 73.2 Å². The molecule has 0 spiro atoms. The molecule has 27 heavy (non-hydrogen) atoms. The first-order valence-corrected chi connectivity index (χ1v) is 8.70. The Bertz CT molecular complexity index is 967. The van der Waals surface area contributed by atoms with Crippen LogP contribution in [0.15, 0.2) is 60.8 Å². The van der Waals surface area contributed by atoms with E-state index in [2.05, 4.69) is 10.4 Å². The molecule has 1 amide bonds. The summed E-state index contributed by atoms with van der Waals surface area (Å²) in [5, 5.41) is 7.38. The summed E-state index contributed by atoms with van der Waals surface area (Å²) in [5.41, 5.74) is 2.71. The number of carbonyl (C=O) groups is 2. The highest BCUT2D eigenvalue weighted by molar-refractivity contribution is 6.30. The monoisotopic (exact) mass is 383 g/mol. The molecule has 1 heterocycles. The van der Waals surface area contributed by atoms with Crippen LogP contribution in [0.25, 0.3) is 5.69 Å². The minimum atomic E-state index is -0.954. The summed E-state index contributed by atoms with van der Waals surface area (Å²) < 4.78 is 7.01. The number of esters is 1. The van der Waals surface area contributed by atoms with E-state index in [0.717, 1.165) is 11.4 Å². The summed E-state index contributed by atoms with van der Waals surface area (Å²) in [4.78, 5) is 24.5. The van der Waals surface area contributed by atoms with E-state index in [9.17, 15) is 9.59 Å². The fourth-order valence-electron chi connectivity index (χ4n) is 2.47. The van der Waals surface area contributed by atoms with Crippen LogP contribution in [0, 0.1) is 6.92 Å². The normalized spacial score (nSPS) is 11.7. The first-order chi connectivity index (χ1) is 12.9. The second-order valence-corrected chi connectivity index (χ2v) is 6.41. The quantitative estimate of drug-likeness (QED) is 0.675. The van der Waals surface area contributed by atoms with Crippen molar-refractivity contribution in [2.45, 2.75) is 20.0 Å². The largest absolute Gasteiger partial charge is 0.449 e. The molecule has 0 fully saturated rings. The van der Waals surface area contributed by atoms with Crippen molar-refractivity contribution in [1.82, 2.24) is 9.78 Å². The molecule has 0 aliphatic carbocycles. The minimum absolute atomic E-state index is 0.353. The Hall–Kier alpha value is -3.12. The Labute approximate surface area is 161 Å². The van der Waals surface area contributed by atoms with Gasteiger partial charge in [-0.25, -0.2) is 9.48 Å². The maximum Gasteiger partial charge on any atom is 0.338 e. The molecule has 138 valence electrons. The second-order valence-electron chi connectivity index (χ2n) is 5.98. The summed E-state index contributed by atoms with van der Waals surface area (Å²) in [5.74, 6) is -1.01. The van der Waals surface area contributed by atoms with E-state index in [1.807, 2.05) is 13.0 Å². The summed E-state index contributed by atoms with van der Waals surface area (Å²) in [6.45, 7) is 3.45. The molecule has 0 aliphatic heterocycles. The van der Waals surface area contributed by atoms with Crippen molar-refractivity contribution in [3.8, 4) is 5.69 Å². The van der Waals surface area contributed by atoms with Gasteiger partial charge in [0, 0.05) is 22.6 Å². The highest BCUT2D eigenvalue weighted by Gasteiger charge is 2.19. The maximum atomic E-state index is 12.3. The van der Waals surface area contributed by atoms with Crippen LogP contribution in [0.2, 0.25) is 5.02 Å². The van der Waals surface area contributed by atoms with Gasteiger partial charge in [0.1, 0.15) is 0 Å². The molecule has 7 heteroatoms. The standard InChI is InChI=1S/C20H18ClN3O3/c1-13-10-11-22-24(13)18-8-6-15(7-9-18)20(26)27-14(2)19(25)23-17-5-3-4-16(21)12-17/h3-12,14H,1-2H3,(H,23,25)/t14-/m1/s1. The number of anilines is 1. The number of halogens is 1. The van der Waals surface area contributed by atoms with Gasteiger partial charge in [0.25, 0.3) is 5.91 Å². The van der Waals surface area contributed by atoms with Crippen molar-refractivity contribution in [1.29, 1.82) is 0 Å². The first-order valence-electron chi connectivity index (χ1n) is 8.32. The van der Waals surface area contributed by atoms with Gasteiger partial charge in [-0.15, -0.1) is 0 Å². The predicted octanol–water partition coefficient (Wildman–Crippen LogP) is 4.02. The molecule has 0 radical (unpaired) electrons. The molecule has 0 aliphatic rings. The smallest absolute Gasteiger partial charge is 0.338 e. The lowest BCUT2D eigenvalue weighted by Gasteiger charge is -2.14. The zero-order valence-corrected chi connectivity index (χ0v) is 15.6. The van der Waals surface area contributed by atoms with Crippen molar-refractivity contribution in [3.05, 3.63) is 77.1 Å². The molecular formula is C20H18ClN3O3. The van der Waals surface area contributed by atoms with Crippen LogP contribution in [0.4, 0.5) is 5.69 Å². The van der Waals surface area contributed by atoms with Gasteiger partial charge in [0.2, 0.25) is 0 Å². The van der Waals surface area contributed by atoms with E-state index in [-0.39, 0.29) is 0 Å². The number of hydrogen-bond acceptors (Lipinski definition) is 4. The molecule has 3 rings (SSSR count). The lowest BCUT2D eigenvalue weighted by Crippen LogP contribution is -2.30. The van der Waals surface area contributed by atoms with Crippen LogP contribution in [-0.4, -0.2) is 27.8 Å². The zero-order chi connectivity index (χ0) is 19.4. The number of carbonyl (C=O) groups excluding carboxylic acids is 2. The van der Waals surface area contributed by atoms with Crippen molar-refractivity contribution in [2.75, 3.05) is 5.32 Å². The van der Waals surface area contributed by atoms with Gasteiger partial charge < -0.3 is 10.1 Å². The Kier molecular flexibility index (Phi) is 5.57. The van der Waals surface area contributed by atoms with Crippen molar-refractivity contribution < 1.29 is 14.3 Å². The van der Waals surface area contributed by atoms with Crippen LogP contribution in [0.3, 0.4) is 0 Å². The number of benzene rings is 2. The molecule has 1 atom stereocenters. The molecule has 0 saturated carbocycles. The summed E-state index contributed by atoms with van der Waals surface area (Å²) >= 11 is 5.89. The zero-order valence-electron chi connectivity index (χ0n) is 14.8. The van der Waals surface area contributed by atoms with Crippen molar-refractivity contribution in [2.24, 2.45) is 0 Å². The number of aryl methyl sites for hydroxylation is 1. The van der Waals surface area contributed by atoms with Gasteiger partial charge in [-0.3, -0.25) is 4.79 Å². The molecule has 2 aromatic carbocycles. The average molecular weight is 384 g/mol. The molecule has 1 aromatic heterocycles. The number of hydrogen-bond donors (Lipinski definition) is 1.